The number of carbonyl (C=O) groups excluding carboxylic acids is 1. The highest BCUT2D eigenvalue weighted by molar-refractivity contribution is 6.02. The van der Waals surface area contributed by atoms with Crippen molar-refractivity contribution < 1.29 is 9.53 Å². The Morgan fingerprint density at radius 3 is 2.28 bits per heavy atom. The minimum atomic E-state index is -0.310. The van der Waals surface area contributed by atoms with Crippen molar-refractivity contribution in [3.05, 3.63) is 85.7 Å². The predicted molar refractivity (Wildman–Crippen MR) is 158 cm³/mol. The number of amides is 1. The first kappa shape index (κ1) is 27.3. The lowest BCUT2D eigenvalue weighted by molar-refractivity contribution is -0.111. The molecule has 4 rings (SSSR count). The topological polar surface area (TPSA) is 95.5 Å². The zero-order valence-corrected chi connectivity index (χ0v) is 22.7. The second-order valence-electron chi connectivity index (χ2n) is 9.19. The molecule has 0 aliphatic heterocycles. The summed E-state index contributed by atoms with van der Waals surface area (Å²) >= 11 is 0. The highest BCUT2D eigenvalue weighted by Crippen LogP contribution is 2.38. The maximum Gasteiger partial charge on any atom is 0.247 e. The molecule has 39 heavy (non-hydrogen) atoms. The number of aromatic nitrogens is 3. The Balaban J connectivity index is 1.62. The Bertz CT molecular complexity index is 1420. The maximum atomic E-state index is 12.2. The predicted octanol–water partition coefficient (Wildman–Crippen LogP) is 5.08. The van der Waals surface area contributed by atoms with E-state index in [9.17, 15) is 4.79 Å². The summed E-state index contributed by atoms with van der Waals surface area (Å²) in [7, 11) is 7.60. The van der Waals surface area contributed by atoms with Crippen LogP contribution in [0.1, 0.15) is 0 Å². The van der Waals surface area contributed by atoms with Crippen molar-refractivity contribution in [2.24, 2.45) is 0 Å². The van der Waals surface area contributed by atoms with Crippen LogP contribution in [-0.4, -0.2) is 67.1 Å². The number of nitrogens with one attached hydrogen (secondary N) is 2. The molecule has 3 aromatic carbocycles. The summed E-state index contributed by atoms with van der Waals surface area (Å²) in [5.41, 5.74) is 5.13. The quantitative estimate of drug-likeness (QED) is 0.263. The van der Waals surface area contributed by atoms with Crippen molar-refractivity contribution in [2.45, 2.75) is 0 Å². The highest BCUT2D eigenvalue weighted by Gasteiger charge is 2.17. The van der Waals surface area contributed by atoms with Crippen LogP contribution < -0.4 is 20.3 Å². The Labute approximate surface area is 229 Å². The van der Waals surface area contributed by atoms with Crippen LogP contribution in [0.4, 0.5) is 23.0 Å². The van der Waals surface area contributed by atoms with E-state index in [0.29, 0.717) is 28.9 Å². The van der Waals surface area contributed by atoms with E-state index >= 15 is 0 Å². The lowest BCUT2D eigenvalue weighted by Gasteiger charge is -2.25. The second-order valence-corrected chi connectivity index (χ2v) is 9.19. The fourth-order valence-electron chi connectivity index (χ4n) is 3.96. The van der Waals surface area contributed by atoms with Gasteiger partial charge in [0.1, 0.15) is 12.1 Å². The van der Waals surface area contributed by atoms with Crippen LogP contribution >= 0.6 is 0 Å². The summed E-state index contributed by atoms with van der Waals surface area (Å²) in [6.45, 7) is 5.17. The largest absolute Gasteiger partial charge is 0.494 e. The number of likely N-dealkylation sites (N-methyl/N-ethyl adjacent to an activating group) is 2. The number of carbonyl (C=O) groups is 1. The molecule has 0 fully saturated rings. The van der Waals surface area contributed by atoms with Gasteiger partial charge in [-0.3, -0.25) is 4.79 Å². The SMILES string of the molecule is C=CC(=O)Nc1cc(Nc2ncnc(-c3ccc(-c4ccccc4)cc3)n2)c(OC)cc1N(C)CCN(C)C. The van der Waals surface area contributed by atoms with Crippen LogP contribution in [0.2, 0.25) is 0 Å². The lowest BCUT2D eigenvalue weighted by Crippen LogP contribution is -2.29. The molecule has 0 radical (unpaired) electrons. The molecule has 0 aliphatic carbocycles. The van der Waals surface area contributed by atoms with Crippen LogP contribution in [0, 0.1) is 0 Å². The fraction of sp³-hybridized carbons (Fsp3) is 0.200. The fourth-order valence-corrected chi connectivity index (χ4v) is 3.96. The molecule has 1 amide bonds. The Hall–Kier alpha value is -4.76. The zero-order chi connectivity index (χ0) is 27.8. The summed E-state index contributed by atoms with van der Waals surface area (Å²) in [5.74, 6) is 1.15. The van der Waals surface area contributed by atoms with Gasteiger partial charge < -0.3 is 25.2 Å². The van der Waals surface area contributed by atoms with E-state index in [2.05, 4.69) is 54.1 Å². The summed E-state index contributed by atoms with van der Waals surface area (Å²) in [6.07, 6.45) is 2.70. The number of hydrogen-bond acceptors (Lipinski definition) is 8. The molecule has 0 aliphatic rings. The molecular weight excluding hydrogens is 490 g/mol. The number of hydrogen-bond donors (Lipinski definition) is 2. The lowest BCUT2D eigenvalue weighted by atomic mass is 10.0. The van der Waals surface area contributed by atoms with Gasteiger partial charge in [0.05, 0.1) is 24.2 Å². The van der Waals surface area contributed by atoms with E-state index in [0.717, 1.165) is 35.5 Å². The molecule has 200 valence electrons. The standard InChI is InChI=1S/C30H33N7O2/c1-6-28(38)33-24-18-25(27(39-5)19-26(24)37(4)17-16-36(2)3)34-30-32-20-31-29(35-30)23-14-12-22(13-15-23)21-10-8-7-9-11-21/h6-15,18-20H,1,16-17H2,2-5H3,(H,33,38)(H,31,32,34,35). The Kier molecular flexibility index (Phi) is 8.86. The van der Waals surface area contributed by atoms with Gasteiger partial charge in [0.2, 0.25) is 11.9 Å². The molecule has 0 atom stereocenters. The highest BCUT2D eigenvalue weighted by atomic mass is 16.5. The van der Waals surface area contributed by atoms with Crippen LogP contribution in [-0.2, 0) is 4.79 Å². The molecule has 1 aromatic heterocycles. The molecule has 0 saturated heterocycles. The van der Waals surface area contributed by atoms with Gasteiger partial charge in [0, 0.05) is 31.8 Å². The van der Waals surface area contributed by atoms with Gasteiger partial charge in [0.15, 0.2) is 5.82 Å². The maximum absolute atomic E-state index is 12.2. The van der Waals surface area contributed by atoms with Crippen molar-refractivity contribution in [3.8, 4) is 28.3 Å². The van der Waals surface area contributed by atoms with Gasteiger partial charge in [-0.25, -0.2) is 9.97 Å². The summed E-state index contributed by atoms with van der Waals surface area (Å²) in [4.78, 5) is 29.7. The van der Waals surface area contributed by atoms with Gasteiger partial charge in [0.25, 0.3) is 0 Å². The number of benzene rings is 3. The first-order chi connectivity index (χ1) is 18.9. The molecule has 4 aromatic rings. The van der Waals surface area contributed by atoms with Gasteiger partial charge >= 0.3 is 0 Å². The monoisotopic (exact) mass is 523 g/mol. The molecule has 0 unspecified atom stereocenters. The number of methoxy groups -OCH3 is 1. The van der Waals surface area contributed by atoms with Gasteiger partial charge in [-0.15, -0.1) is 0 Å². The van der Waals surface area contributed by atoms with E-state index in [1.807, 2.05) is 69.7 Å². The summed E-state index contributed by atoms with van der Waals surface area (Å²) in [6, 6.07) is 21.9. The minimum Gasteiger partial charge on any atom is -0.494 e. The van der Waals surface area contributed by atoms with Crippen molar-refractivity contribution in [2.75, 3.05) is 56.9 Å². The van der Waals surface area contributed by atoms with E-state index in [-0.39, 0.29) is 5.91 Å². The molecule has 0 saturated carbocycles. The summed E-state index contributed by atoms with van der Waals surface area (Å²) < 4.78 is 5.69. The number of ether oxygens (including phenoxy) is 1. The van der Waals surface area contributed by atoms with Crippen LogP contribution in [0.15, 0.2) is 85.7 Å². The van der Waals surface area contributed by atoms with Crippen LogP contribution in [0.25, 0.3) is 22.5 Å². The molecule has 9 nitrogen and oxygen atoms in total. The number of nitrogens with zero attached hydrogens (tertiary/aromatic N) is 5. The Morgan fingerprint density at radius 2 is 1.62 bits per heavy atom. The summed E-state index contributed by atoms with van der Waals surface area (Å²) in [5, 5.41) is 6.13. The molecule has 0 spiro atoms. The van der Waals surface area contributed by atoms with Gasteiger partial charge in [-0.2, -0.15) is 4.98 Å². The first-order valence-electron chi connectivity index (χ1n) is 12.5. The second kappa shape index (κ2) is 12.7. The van der Waals surface area contributed by atoms with Gasteiger partial charge in [-0.05, 0) is 37.4 Å². The molecule has 9 heteroatoms. The third-order valence-electron chi connectivity index (χ3n) is 6.12. The normalized spacial score (nSPS) is 10.7. The average molecular weight is 524 g/mol. The van der Waals surface area contributed by atoms with E-state index < -0.39 is 0 Å². The van der Waals surface area contributed by atoms with E-state index in [4.69, 9.17) is 4.74 Å². The van der Waals surface area contributed by atoms with Crippen molar-refractivity contribution in [1.82, 2.24) is 19.9 Å². The van der Waals surface area contributed by atoms with Gasteiger partial charge in [-0.1, -0.05) is 61.2 Å². The molecule has 2 N–H and O–H groups in total. The van der Waals surface area contributed by atoms with Crippen LogP contribution in [0.5, 0.6) is 5.75 Å². The molecule has 0 bridgehead atoms. The first-order valence-corrected chi connectivity index (χ1v) is 12.5. The van der Waals surface area contributed by atoms with Crippen molar-refractivity contribution in [3.63, 3.8) is 0 Å². The third-order valence-corrected chi connectivity index (χ3v) is 6.12. The zero-order valence-electron chi connectivity index (χ0n) is 22.7. The molecular formula is C30H33N7O2. The van der Waals surface area contributed by atoms with E-state index in [1.54, 1.807) is 13.2 Å². The smallest absolute Gasteiger partial charge is 0.247 e. The van der Waals surface area contributed by atoms with E-state index in [1.165, 1.54) is 12.4 Å². The minimum absolute atomic E-state index is 0.310. The number of rotatable bonds is 11. The average Bonchev–Trinajstić information content (AvgIpc) is 2.96. The Morgan fingerprint density at radius 1 is 0.923 bits per heavy atom. The van der Waals surface area contributed by atoms with Crippen molar-refractivity contribution in [1.29, 1.82) is 0 Å². The number of anilines is 4. The third kappa shape index (κ3) is 6.97. The van der Waals surface area contributed by atoms with Crippen LogP contribution in [0.3, 0.4) is 0 Å². The molecule has 1 heterocycles. The van der Waals surface area contributed by atoms with Crippen molar-refractivity contribution >= 4 is 28.9 Å².